The number of benzene rings is 3. The molecular weight excluding hydrogens is 424 g/mol. The van der Waals surface area contributed by atoms with Gasteiger partial charge in [0.2, 0.25) is 0 Å². The van der Waals surface area contributed by atoms with E-state index in [1.54, 1.807) is 42.5 Å². The Hall–Kier alpha value is -3.15. The first-order valence-corrected chi connectivity index (χ1v) is 9.91. The smallest absolute Gasteiger partial charge is 0.270 e. The zero-order valence-electron chi connectivity index (χ0n) is 15.6. The zero-order chi connectivity index (χ0) is 21.1. The summed E-state index contributed by atoms with van der Waals surface area (Å²) >= 11 is 12.2. The van der Waals surface area contributed by atoms with Crippen LogP contribution in [0.15, 0.2) is 78.9 Å². The number of carbonyl (C=O) groups excluding carboxylic acids is 1. The van der Waals surface area contributed by atoms with Crippen LogP contribution in [0.25, 0.3) is 16.9 Å². The lowest BCUT2D eigenvalue weighted by molar-refractivity contribution is 0.0943. The molecule has 30 heavy (non-hydrogen) atoms. The van der Waals surface area contributed by atoms with Gasteiger partial charge in [-0.05, 0) is 42.0 Å². The van der Waals surface area contributed by atoms with E-state index in [2.05, 4.69) is 10.4 Å². The minimum atomic E-state index is -0.424. The summed E-state index contributed by atoms with van der Waals surface area (Å²) in [7, 11) is 0. The van der Waals surface area contributed by atoms with E-state index in [1.807, 2.05) is 30.3 Å². The summed E-state index contributed by atoms with van der Waals surface area (Å²) < 4.78 is 15.8. The third-order valence-corrected chi connectivity index (χ3v) is 5.27. The highest BCUT2D eigenvalue weighted by Crippen LogP contribution is 2.28. The number of halogens is 3. The predicted octanol–water partition coefficient (Wildman–Crippen LogP) is 5.92. The number of aromatic nitrogens is 2. The quantitative estimate of drug-likeness (QED) is 0.419. The van der Waals surface area contributed by atoms with Crippen molar-refractivity contribution >= 4 is 29.1 Å². The molecule has 4 rings (SSSR count). The van der Waals surface area contributed by atoms with E-state index in [9.17, 15) is 9.18 Å². The summed E-state index contributed by atoms with van der Waals surface area (Å²) in [5.41, 5.74) is 2.39. The molecule has 1 heterocycles. The Kier molecular flexibility index (Phi) is 5.84. The first-order valence-electron chi connectivity index (χ1n) is 9.15. The summed E-state index contributed by atoms with van der Waals surface area (Å²) in [5, 5.41) is 8.06. The zero-order valence-corrected chi connectivity index (χ0v) is 17.2. The van der Waals surface area contributed by atoms with Crippen molar-refractivity contribution in [3.05, 3.63) is 106 Å². The lowest BCUT2D eigenvalue weighted by Gasteiger charge is -2.09. The van der Waals surface area contributed by atoms with E-state index in [4.69, 9.17) is 23.2 Å². The lowest BCUT2D eigenvalue weighted by atomic mass is 10.1. The third kappa shape index (κ3) is 4.22. The fourth-order valence-electron chi connectivity index (χ4n) is 3.03. The minimum Gasteiger partial charge on any atom is -0.347 e. The van der Waals surface area contributed by atoms with E-state index < -0.39 is 5.82 Å². The van der Waals surface area contributed by atoms with Gasteiger partial charge in [-0.1, -0.05) is 65.7 Å². The average Bonchev–Trinajstić information content (AvgIpc) is 3.20. The molecule has 4 nitrogen and oxygen atoms in total. The highest BCUT2D eigenvalue weighted by Gasteiger charge is 2.19. The molecule has 0 aliphatic rings. The van der Waals surface area contributed by atoms with Crippen molar-refractivity contribution < 1.29 is 9.18 Å². The minimum absolute atomic E-state index is 0.252. The first-order chi connectivity index (χ1) is 14.5. The molecule has 0 aliphatic heterocycles. The number of hydrogen-bond acceptors (Lipinski definition) is 2. The van der Waals surface area contributed by atoms with E-state index >= 15 is 0 Å². The van der Waals surface area contributed by atoms with Crippen LogP contribution in [-0.2, 0) is 6.54 Å². The summed E-state index contributed by atoms with van der Waals surface area (Å²) in [6, 6.07) is 22.3. The van der Waals surface area contributed by atoms with Gasteiger partial charge in [-0.3, -0.25) is 4.79 Å². The Morgan fingerprint density at radius 2 is 1.67 bits per heavy atom. The molecule has 150 valence electrons. The molecule has 1 aromatic heterocycles. The maximum Gasteiger partial charge on any atom is 0.270 e. The average molecular weight is 440 g/mol. The molecular formula is C23H16Cl2FN3O. The van der Waals surface area contributed by atoms with Crippen LogP contribution in [0.3, 0.4) is 0 Å². The number of nitrogens with one attached hydrogen (secondary N) is 1. The molecule has 1 N–H and O–H groups in total. The molecule has 4 aromatic rings. The molecule has 0 saturated heterocycles. The molecule has 0 unspecified atom stereocenters. The molecule has 0 aliphatic carbocycles. The summed E-state index contributed by atoms with van der Waals surface area (Å²) in [6.07, 6.45) is 0. The van der Waals surface area contributed by atoms with Crippen molar-refractivity contribution in [2.75, 3.05) is 0 Å². The van der Waals surface area contributed by atoms with Gasteiger partial charge in [0.15, 0.2) is 0 Å². The molecule has 3 aromatic carbocycles. The fourth-order valence-corrected chi connectivity index (χ4v) is 3.32. The van der Waals surface area contributed by atoms with Crippen LogP contribution in [-0.4, -0.2) is 15.7 Å². The molecule has 0 atom stereocenters. The van der Waals surface area contributed by atoms with Crippen LogP contribution >= 0.6 is 23.2 Å². The van der Waals surface area contributed by atoms with Crippen molar-refractivity contribution in [2.24, 2.45) is 0 Å². The van der Waals surface area contributed by atoms with Gasteiger partial charge in [-0.2, -0.15) is 5.10 Å². The summed E-state index contributed by atoms with van der Waals surface area (Å²) in [6.45, 7) is 0.348. The van der Waals surface area contributed by atoms with E-state index in [0.717, 1.165) is 5.56 Å². The molecule has 0 spiro atoms. The molecule has 0 saturated carbocycles. The molecule has 7 heteroatoms. The van der Waals surface area contributed by atoms with Gasteiger partial charge in [-0.25, -0.2) is 9.07 Å². The van der Waals surface area contributed by atoms with Crippen molar-refractivity contribution in [3.8, 4) is 16.9 Å². The van der Waals surface area contributed by atoms with E-state index in [1.165, 1.54) is 10.7 Å². The fraction of sp³-hybridized carbons (Fsp3) is 0.0435. The van der Waals surface area contributed by atoms with Gasteiger partial charge in [-0.15, -0.1) is 0 Å². The summed E-state index contributed by atoms with van der Waals surface area (Å²) in [5.74, 6) is -0.771. The van der Waals surface area contributed by atoms with Gasteiger partial charge >= 0.3 is 0 Å². The highest BCUT2D eigenvalue weighted by molar-refractivity contribution is 6.42. The van der Waals surface area contributed by atoms with Crippen LogP contribution in [0.4, 0.5) is 4.39 Å². The van der Waals surface area contributed by atoms with Crippen LogP contribution < -0.4 is 5.32 Å². The van der Waals surface area contributed by atoms with Gasteiger partial charge in [0, 0.05) is 12.1 Å². The summed E-state index contributed by atoms with van der Waals surface area (Å²) in [4.78, 5) is 13.0. The van der Waals surface area contributed by atoms with Crippen LogP contribution in [0.5, 0.6) is 0 Å². The van der Waals surface area contributed by atoms with Crippen molar-refractivity contribution in [1.82, 2.24) is 15.1 Å². The molecule has 0 bridgehead atoms. The Morgan fingerprint density at radius 3 is 2.40 bits per heavy atom. The molecule has 1 amide bonds. The standard InChI is InChI=1S/C23H16Cl2FN3O/c24-18-11-10-16(12-19(18)25)29-22(23(30)27-14-15-6-2-1-3-7-15)13-21(28-29)17-8-4-5-9-20(17)26/h1-13H,14H2,(H,27,30). The van der Waals surface area contributed by atoms with Gasteiger partial charge in [0.05, 0.1) is 21.4 Å². The van der Waals surface area contributed by atoms with E-state index in [0.29, 0.717) is 33.5 Å². The largest absolute Gasteiger partial charge is 0.347 e. The second kappa shape index (κ2) is 8.69. The first kappa shape index (κ1) is 20.1. The second-order valence-corrected chi connectivity index (χ2v) is 7.39. The van der Waals surface area contributed by atoms with Crippen molar-refractivity contribution in [3.63, 3.8) is 0 Å². The normalized spacial score (nSPS) is 10.8. The van der Waals surface area contributed by atoms with Crippen LogP contribution in [0, 0.1) is 5.82 Å². The number of rotatable bonds is 5. The van der Waals surface area contributed by atoms with Crippen LogP contribution in [0.1, 0.15) is 16.1 Å². The number of hydrogen-bond donors (Lipinski definition) is 1. The maximum atomic E-state index is 14.3. The Labute approximate surface area is 182 Å². The number of carbonyl (C=O) groups is 1. The number of nitrogens with zero attached hydrogens (tertiary/aromatic N) is 2. The monoisotopic (exact) mass is 439 g/mol. The van der Waals surface area contributed by atoms with Gasteiger partial charge in [0.1, 0.15) is 11.5 Å². The molecule has 0 radical (unpaired) electrons. The number of amides is 1. The third-order valence-electron chi connectivity index (χ3n) is 4.54. The highest BCUT2D eigenvalue weighted by atomic mass is 35.5. The van der Waals surface area contributed by atoms with Crippen LogP contribution in [0.2, 0.25) is 10.0 Å². The predicted molar refractivity (Wildman–Crippen MR) is 117 cm³/mol. The lowest BCUT2D eigenvalue weighted by Crippen LogP contribution is -2.25. The maximum absolute atomic E-state index is 14.3. The second-order valence-electron chi connectivity index (χ2n) is 6.57. The van der Waals surface area contributed by atoms with Crippen molar-refractivity contribution in [2.45, 2.75) is 6.54 Å². The SMILES string of the molecule is O=C(NCc1ccccc1)c1cc(-c2ccccc2F)nn1-c1ccc(Cl)c(Cl)c1. The Morgan fingerprint density at radius 1 is 0.933 bits per heavy atom. The van der Waals surface area contributed by atoms with E-state index in [-0.39, 0.29) is 11.6 Å². The van der Waals surface area contributed by atoms with Crippen molar-refractivity contribution in [1.29, 1.82) is 0 Å². The van der Waals surface area contributed by atoms with Gasteiger partial charge < -0.3 is 5.32 Å². The molecule has 0 fully saturated rings. The van der Waals surface area contributed by atoms with Gasteiger partial charge in [0.25, 0.3) is 5.91 Å². The Balaban J connectivity index is 1.74. The Bertz CT molecular complexity index is 1210. The topological polar surface area (TPSA) is 46.9 Å².